The molecular weight excluding hydrogens is 376 g/mol. The third-order valence-electron chi connectivity index (χ3n) is 3.57. The summed E-state index contributed by atoms with van der Waals surface area (Å²) in [4.78, 5) is 31.4. The maximum absolute atomic E-state index is 10.8. The highest BCUT2D eigenvalue weighted by Gasteiger charge is 2.10. The number of hydrogen-bond donors (Lipinski definition) is 3. The molecule has 8 nitrogen and oxygen atoms in total. The van der Waals surface area contributed by atoms with E-state index in [0.29, 0.717) is 11.4 Å². The van der Waals surface area contributed by atoms with Crippen LogP contribution in [0.2, 0.25) is 5.02 Å². The van der Waals surface area contributed by atoms with Gasteiger partial charge in [-0.2, -0.15) is 0 Å². The second-order valence-corrected chi connectivity index (χ2v) is 6.11. The summed E-state index contributed by atoms with van der Waals surface area (Å²) >= 11 is 6.13. The van der Waals surface area contributed by atoms with E-state index in [9.17, 15) is 4.79 Å². The van der Waals surface area contributed by atoms with Crippen LogP contribution in [0.4, 0.5) is 0 Å². The van der Waals surface area contributed by atoms with E-state index < -0.39 is 11.9 Å². The quantitative estimate of drug-likeness (QED) is 0.510. The number of nitrogens with zero attached hydrogens (tertiary/aromatic N) is 1. The second-order valence-electron chi connectivity index (χ2n) is 5.70. The number of primary amides is 1. The number of methoxy groups -OCH3 is 1. The van der Waals surface area contributed by atoms with E-state index in [1.165, 1.54) is 0 Å². The molecule has 0 aliphatic rings. The number of carboxylic acid groups (broad SMARTS) is 2. The van der Waals surface area contributed by atoms with Gasteiger partial charge < -0.3 is 25.6 Å². The minimum absolute atomic E-state index is 0.233. The van der Waals surface area contributed by atoms with Crippen LogP contribution in [0.25, 0.3) is 0 Å². The Hall–Kier alpha value is -2.32. The normalized spacial score (nSPS) is 10.1. The van der Waals surface area contributed by atoms with Crippen molar-refractivity contribution < 1.29 is 29.3 Å². The van der Waals surface area contributed by atoms with Gasteiger partial charge in [0.2, 0.25) is 5.91 Å². The third-order valence-corrected chi connectivity index (χ3v) is 3.87. The average molecular weight is 403 g/mol. The van der Waals surface area contributed by atoms with Crippen molar-refractivity contribution in [1.82, 2.24) is 4.90 Å². The van der Waals surface area contributed by atoms with Crippen molar-refractivity contribution >= 4 is 29.4 Å². The molecule has 9 heteroatoms. The zero-order chi connectivity index (χ0) is 20.8. The maximum Gasteiger partial charge on any atom is 0.414 e. The van der Waals surface area contributed by atoms with Gasteiger partial charge in [-0.1, -0.05) is 30.7 Å². The molecule has 152 valence electrons. The molecule has 0 heterocycles. The van der Waals surface area contributed by atoms with E-state index in [2.05, 4.69) is 11.8 Å². The van der Waals surface area contributed by atoms with Gasteiger partial charge in [-0.3, -0.25) is 4.79 Å². The number of carbonyl (C=O) groups excluding carboxylic acids is 1. The molecule has 0 aromatic heterocycles. The highest BCUT2D eigenvalue weighted by atomic mass is 35.5. The maximum atomic E-state index is 10.8. The van der Waals surface area contributed by atoms with Gasteiger partial charge in [0.1, 0.15) is 5.75 Å². The van der Waals surface area contributed by atoms with E-state index in [1.54, 1.807) is 7.11 Å². The Morgan fingerprint density at radius 1 is 1.15 bits per heavy atom. The number of halogens is 1. The second kappa shape index (κ2) is 13.8. The molecule has 0 unspecified atom stereocenters. The molecule has 0 spiro atoms. The molecule has 0 atom stereocenters. The monoisotopic (exact) mass is 402 g/mol. The van der Waals surface area contributed by atoms with Crippen molar-refractivity contribution in [3.8, 4) is 5.75 Å². The van der Waals surface area contributed by atoms with Gasteiger partial charge in [-0.15, -0.1) is 0 Å². The zero-order valence-electron chi connectivity index (χ0n) is 15.6. The third kappa shape index (κ3) is 11.1. The molecule has 0 saturated carbocycles. The Kier molecular flexibility index (Phi) is 12.6. The number of ether oxygens (including phenoxy) is 1. The number of benzene rings is 1. The first kappa shape index (κ1) is 24.7. The fraction of sp³-hybridized carbons (Fsp3) is 0.500. The average Bonchev–Trinajstić information content (AvgIpc) is 2.59. The van der Waals surface area contributed by atoms with E-state index in [4.69, 9.17) is 41.9 Å². The Bertz CT molecular complexity index is 612. The highest BCUT2D eigenvalue weighted by molar-refractivity contribution is 6.32. The molecule has 0 bridgehead atoms. The van der Waals surface area contributed by atoms with Crippen LogP contribution in [0.3, 0.4) is 0 Å². The minimum Gasteiger partial charge on any atom is -0.495 e. The SMILES string of the molecule is CCCN(CCCC(N)=O)CCc1cccc(Cl)c1OC.O=C(O)C(=O)O. The van der Waals surface area contributed by atoms with E-state index in [-0.39, 0.29) is 5.91 Å². The van der Waals surface area contributed by atoms with Gasteiger partial charge in [0.25, 0.3) is 0 Å². The van der Waals surface area contributed by atoms with Crippen LogP contribution in [0.15, 0.2) is 18.2 Å². The number of hydrogen-bond acceptors (Lipinski definition) is 5. The van der Waals surface area contributed by atoms with Gasteiger partial charge in [0.05, 0.1) is 12.1 Å². The molecule has 1 aromatic rings. The first-order valence-electron chi connectivity index (χ1n) is 8.51. The molecule has 0 fully saturated rings. The van der Waals surface area contributed by atoms with Crippen LogP contribution in [-0.2, 0) is 20.8 Å². The fourth-order valence-corrected chi connectivity index (χ4v) is 2.66. The fourth-order valence-electron chi connectivity index (χ4n) is 2.39. The Morgan fingerprint density at radius 3 is 2.26 bits per heavy atom. The summed E-state index contributed by atoms with van der Waals surface area (Å²) < 4.78 is 5.37. The molecular formula is C18H27ClN2O6. The molecule has 27 heavy (non-hydrogen) atoms. The minimum atomic E-state index is -1.82. The number of aliphatic carboxylic acids is 2. The molecule has 0 saturated heterocycles. The predicted molar refractivity (Wildman–Crippen MR) is 102 cm³/mol. The lowest BCUT2D eigenvalue weighted by Crippen LogP contribution is -2.29. The van der Waals surface area contributed by atoms with Crippen molar-refractivity contribution in [3.63, 3.8) is 0 Å². The van der Waals surface area contributed by atoms with Gasteiger partial charge in [0, 0.05) is 13.0 Å². The summed E-state index contributed by atoms with van der Waals surface area (Å²) in [5, 5.41) is 15.4. The molecule has 1 rings (SSSR count). The summed E-state index contributed by atoms with van der Waals surface area (Å²) in [7, 11) is 1.64. The molecule has 1 amide bonds. The molecule has 1 aromatic carbocycles. The first-order chi connectivity index (χ1) is 12.7. The number of carboxylic acids is 2. The molecule has 0 radical (unpaired) electrons. The number of amides is 1. The van der Waals surface area contributed by atoms with Crippen LogP contribution < -0.4 is 10.5 Å². The van der Waals surface area contributed by atoms with Crippen LogP contribution in [0.1, 0.15) is 31.7 Å². The van der Waals surface area contributed by atoms with Crippen molar-refractivity contribution in [2.45, 2.75) is 32.6 Å². The highest BCUT2D eigenvalue weighted by Crippen LogP contribution is 2.28. The van der Waals surface area contributed by atoms with Crippen molar-refractivity contribution in [2.75, 3.05) is 26.7 Å². The topological polar surface area (TPSA) is 130 Å². The molecule has 0 aliphatic heterocycles. The van der Waals surface area contributed by atoms with Crippen LogP contribution in [0.5, 0.6) is 5.75 Å². The lowest BCUT2D eigenvalue weighted by molar-refractivity contribution is -0.159. The van der Waals surface area contributed by atoms with E-state index in [0.717, 1.165) is 50.2 Å². The zero-order valence-corrected chi connectivity index (χ0v) is 16.4. The smallest absolute Gasteiger partial charge is 0.414 e. The van der Waals surface area contributed by atoms with Gasteiger partial charge in [0.15, 0.2) is 0 Å². The van der Waals surface area contributed by atoms with Crippen LogP contribution >= 0.6 is 11.6 Å². The van der Waals surface area contributed by atoms with Crippen LogP contribution in [0, 0.1) is 0 Å². The van der Waals surface area contributed by atoms with Crippen LogP contribution in [-0.4, -0.2) is 59.7 Å². The molecule has 4 N–H and O–H groups in total. The summed E-state index contributed by atoms with van der Waals surface area (Å²) in [5.41, 5.74) is 6.30. The van der Waals surface area contributed by atoms with Crippen molar-refractivity contribution in [3.05, 3.63) is 28.8 Å². The molecule has 0 aliphatic carbocycles. The number of rotatable bonds is 10. The number of carbonyl (C=O) groups is 3. The summed E-state index contributed by atoms with van der Waals surface area (Å²) in [6, 6.07) is 5.82. The standard InChI is InChI=1S/C16H25ClN2O2.C2H2O4/c1-3-10-19(11-5-8-15(18)20)12-9-13-6-4-7-14(17)16(13)21-2;3-1(4)2(5)6/h4,6-7H,3,5,8-12H2,1-2H3,(H2,18,20);(H,3,4)(H,5,6). The van der Waals surface area contributed by atoms with Gasteiger partial charge >= 0.3 is 11.9 Å². The lowest BCUT2D eigenvalue weighted by atomic mass is 10.1. The predicted octanol–water partition coefficient (Wildman–Crippen LogP) is 2.02. The van der Waals surface area contributed by atoms with Gasteiger partial charge in [-0.25, -0.2) is 9.59 Å². The largest absolute Gasteiger partial charge is 0.495 e. The van der Waals surface area contributed by atoms with Gasteiger partial charge in [-0.05, 0) is 44.0 Å². The Morgan fingerprint density at radius 2 is 1.78 bits per heavy atom. The van der Waals surface area contributed by atoms with E-state index in [1.807, 2.05) is 18.2 Å². The van der Waals surface area contributed by atoms with E-state index >= 15 is 0 Å². The Balaban J connectivity index is 0.000000972. The summed E-state index contributed by atoms with van der Waals surface area (Å²) in [6.07, 6.45) is 3.21. The van der Waals surface area contributed by atoms with Crippen molar-refractivity contribution in [2.24, 2.45) is 5.73 Å². The first-order valence-corrected chi connectivity index (χ1v) is 8.88. The number of para-hydroxylation sites is 1. The summed E-state index contributed by atoms with van der Waals surface area (Å²) in [6.45, 7) is 4.98. The number of nitrogens with two attached hydrogens (primary N) is 1. The summed E-state index contributed by atoms with van der Waals surface area (Å²) in [5.74, 6) is -3.12. The van der Waals surface area contributed by atoms with Crippen molar-refractivity contribution in [1.29, 1.82) is 0 Å². The lowest BCUT2D eigenvalue weighted by Gasteiger charge is -2.22. The Labute approximate surface area is 163 Å².